The summed E-state index contributed by atoms with van der Waals surface area (Å²) in [6.45, 7) is 0.258. The molecule has 0 fully saturated rings. The number of aliphatic carboxylic acids is 1. The molecule has 3 rings (SSSR count). The number of carbonyl (C=O) groups is 1. The number of halogens is 1. The molecule has 0 aliphatic carbocycles. The number of carboxylic acids is 1. The SMILES string of the molecule is O=C(O)CC/C=C(\c1ccc(CCNS(=O)(=O)c2ccc(Cl)cc2)cc1)c1cccnc1. The number of rotatable bonds is 10. The first-order valence-electron chi connectivity index (χ1n) is 10.0. The Labute approximate surface area is 192 Å². The zero-order valence-electron chi connectivity index (χ0n) is 17.2. The van der Waals surface area contributed by atoms with E-state index < -0.39 is 16.0 Å². The van der Waals surface area contributed by atoms with Gasteiger partial charge < -0.3 is 5.11 Å². The number of sulfonamides is 1. The number of nitrogens with zero attached hydrogens (tertiary/aromatic N) is 1. The predicted molar refractivity (Wildman–Crippen MR) is 125 cm³/mol. The van der Waals surface area contributed by atoms with Gasteiger partial charge in [0.2, 0.25) is 10.0 Å². The maximum Gasteiger partial charge on any atom is 0.303 e. The van der Waals surface area contributed by atoms with Crippen molar-refractivity contribution in [3.8, 4) is 0 Å². The van der Waals surface area contributed by atoms with Gasteiger partial charge in [0, 0.05) is 35.9 Å². The first kappa shape index (κ1) is 23.7. The highest BCUT2D eigenvalue weighted by Gasteiger charge is 2.13. The quantitative estimate of drug-likeness (QED) is 0.453. The highest BCUT2D eigenvalue weighted by Crippen LogP contribution is 2.24. The summed E-state index contributed by atoms with van der Waals surface area (Å²) >= 11 is 5.81. The highest BCUT2D eigenvalue weighted by molar-refractivity contribution is 7.89. The molecule has 0 saturated heterocycles. The van der Waals surface area contributed by atoms with E-state index in [1.54, 1.807) is 24.5 Å². The number of benzene rings is 2. The summed E-state index contributed by atoms with van der Waals surface area (Å²) in [5, 5.41) is 9.41. The molecule has 2 N–H and O–H groups in total. The van der Waals surface area contributed by atoms with Crippen LogP contribution in [0.4, 0.5) is 0 Å². The van der Waals surface area contributed by atoms with E-state index >= 15 is 0 Å². The minimum atomic E-state index is -3.59. The van der Waals surface area contributed by atoms with Crippen molar-refractivity contribution in [2.45, 2.75) is 24.2 Å². The number of nitrogens with one attached hydrogen (secondary N) is 1. The van der Waals surface area contributed by atoms with Crippen LogP contribution in [0.1, 0.15) is 29.5 Å². The van der Waals surface area contributed by atoms with Crippen LogP contribution in [0.25, 0.3) is 5.57 Å². The van der Waals surface area contributed by atoms with Crippen LogP contribution in [-0.4, -0.2) is 31.0 Å². The molecule has 0 amide bonds. The van der Waals surface area contributed by atoms with Gasteiger partial charge in [-0.05, 0) is 59.9 Å². The Hall–Kier alpha value is -3.00. The molecule has 8 heteroatoms. The van der Waals surface area contributed by atoms with E-state index in [0.29, 0.717) is 17.9 Å². The van der Waals surface area contributed by atoms with Gasteiger partial charge in [-0.15, -0.1) is 0 Å². The normalized spacial score (nSPS) is 12.0. The Morgan fingerprint density at radius 2 is 1.75 bits per heavy atom. The second kappa shape index (κ2) is 11.0. The van der Waals surface area contributed by atoms with Crippen LogP contribution < -0.4 is 4.72 Å². The number of carboxylic acid groups (broad SMARTS) is 1. The van der Waals surface area contributed by atoms with Gasteiger partial charge in [-0.1, -0.05) is 48.0 Å². The molecular formula is C24H23ClN2O4S. The van der Waals surface area contributed by atoms with Gasteiger partial charge in [-0.25, -0.2) is 13.1 Å². The fourth-order valence-corrected chi connectivity index (χ4v) is 4.30. The van der Waals surface area contributed by atoms with Crippen molar-refractivity contribution in [3.63, 3.8) is 0 Å². The van der Waals surface area contributed by atoms with Gasteiger partial charge in [0.15, 0.2) is 0 Å². The molecule has 0 atom stereocenters. The van der Waals surface area contributed by atoms with Crippen molar-refractivity contribution in [1.82, 2.24) is 9.71 Å². The predicted octanol–water partition coefficient (Wildman–Crippen LogP) is 4.55. The van der Waals surface area contributed by atoms with E-state index in [4.69, 9.17) is 16.7 Å². The van der Waals surface area contributed by atoms with Gasteiger partial charge in [-0.3, -0.25) is 9.78 Å². The molecule has 2 aromatic carbocycles. The molecule has 1 aromatic heterocycles. The van der Waals surface area contributed by atoms with Gasteiger partial charge >= 0.3 is 5.97 Å². The largest absolute Gasteiger partial charge is 0.481 e. The fraction of sp³-hybridized carbons (Fsp3) is 0.167. The molecule has 0 spiro atoms. The Balaban J connectivity index is 1.67. The summed E-state index contributed by atoms with van der Waals surface area (Å²) < 4.78 is 27.3. The number of pyridine rings is 1. The van der Waals surface area contributed by atoms with Crippen LogP contribution in [0.15, 0.2) is 84.0 Å². The van der Waals surface area contributed by atoms with Gasteiger partial charge in [0.1, 0.15) is 0 Å². The fourth-order valence-electron chi connectivity index (χ4n) is 3.14. The number of hydrogen-bond acceptors (Lipinski definition) is 4. The summed E-state index contributed by atoms with van der Waals surface area (Å²) in [6, 6.07) is 17.6. The van der Waals surface area contributed by atoms with Crippen LogP contribution in [0.3, 0.4) is 0 Å². The molecular weight excluding hydrogens is 448 g/mol. The smallest absolute Gasteiger partial charge is 0.303 e. The second-order valence-corrected chi connectivity index (χ2v) is 9.29. The summed E-state index contributed by atoms with van der Waals surface area (Å²) in [6.07, 6.45) is 6.32. The van der Waals surface area contributed by atoms with E-state index in [2.05, 4.69) is 9.71 Å². The third-order valence-corrected chi connectivity index (χ3v) is 6.50. The highest BCUT2D eigenvalue weighted by atomic mass is 35.5. The molecule has 166 valence electrons. The van der Waals surface area contributed by atoms with Gasteiger partial charge in [-0.2, -0.15) is 0 Å². The maximum atomic E-state index is 12.4. The summed E-state index contributed by atoms with van der Waals surface area (Å²) in [5.41, 5.74) is 3.73. The third-order valence-electron chi connectivity index (χ3n) is 4.77. The average molecular weight is 471 g/mol. The Bertz CT molecular complexity index is 1180. The molecule has 3 aromatic rings. The van der Waals surface area contributed by atoms with Crippen molar-refractivity contribution in [1.29, 1.82) is 0 Å². The van der Waals surface area contributed by atoms with Crippen LogP contribution >= 0.6 is 11.6 Å². The lowest BCUT2D eigenvalue weighted by molar-refractivity contribution is -0.136. The van der Waals surface area contributed by atoms with E-state index in [-0.39, 0.29) is 17.9 Å². The van der Waals surface area contributed by atoms with Crippen molar-refractivity contribution >= 4 is 33.2 Å². The monoisotopic (exact) mass is 470 g/mol. The van der Waals surface area contributed by atoms with Crippen LogP contribution in [-0.2, 0) is 21.2 Å². The summed E-state index contributed by atoms with van der Waals surface area (Å²) in [5.74, 6) is -0.844. The molecule has 1 heterocycles. The van der Waals surface area contributed by atoms with Crippen LogP contribution in [0.5, 0.6) is 0 Å². The Kier molecular flexibility index (Phi) is 8.16. The number of aromatic nitrogens is 1. The molecule has 0 saturated carbocycles. The third kappa shape index (κ3) is 6.75. The lowest BCUT2D eigenvalue weighted by atomic mass is 9.96. The van der Waals surface area contributed by atoms with Crippen molar-refractivity contribution < 1.29 is 18.3 Å². The molecule has 32 heavy (non-hydrogen) atoms. The van der Waals surface area contributed by atoms with Crippen molar-refractivity contribution in [2.75, 3.05) is 6.54 Å². The first-order valence-corrected chi connectivity index (χ1v) is 11.9. The van der Waals surface area contributed by atoms with Gasteiger partial charge in [0.05, 0.1) is 4.90 Å². The van der Waals surface area contributed by atoms with Crippen LogP contribution in [0.2, 0.25) is 5.02 Å². The van der Waals surface area contributed by atoms with E-state index in [1.165, 1.54) is 12.1 Å². The molecule has 0 aliphatic heterocycles. The van der Waals surface area contributed by atoms with Crippen molar-refractivity contribution in [2.24, 2.45) is 0 Å². The summed E-state index contributed by atoms with van der Waals surface area (Å²) in [7, 11) is -3.59. The number of hydrogen-bond donors (Lipinski definition) is 2. The molecule has 0 bridgehead atoms. The molecule has 0 unspecified atom stereocenters. The van der Waals surface area contributed by atoms with E-state index in [1.807, 2.05) is 42.5 Å². The molecule has 6 nitrogen and oxygen atoms in total. The second-order valence-electron chi connectivity index (χ2n) is 7.09. The Morgan fingerprint density at radius 3 is 2.38 bits per heavy atom. The van der Waals surface area contributed by atoms with E-state index in [0.717, 1.165) is 22.3 Å². The minimum absolute atomic E-state index is 0.0512. The topological polar surface area (TPSA) is 96.4 Å². The zero-order chi connectivity index (χ0) is 23.0. The molecule has 0 radical (unpaired) electrons. The minimum Gasteiger partial charge on any atom is -0.481 e. The molecule has 0 aliphatic rings. The lowest BCUT2D eigenvalue weighted by Gasteiger charge is -2.10. The van der Waals surface area contributed by atoms with Crippen molar-refractivity contribution in [3.05, 3.63) is 101 Å². The average Bonchev–Trinajstić information content (AvgIpc) is 2.78. The first-order chi connectivity index (χ1) is 15.3. The maximum absolute atomic E-state index is 12.4. The lowest BCUT2D eigenvalue weighted by Crippen LogP contribution is -2.25. The van der Waals surface area contributed by atoms with E-state index in [9.17, 15) is 13.2 Å². The number of allylic oxidation sites excluding steroid dienone is 1. The zero-order valence-corrected chi connectivity index (χ0v) is 18.8. The standard InChI is InChI=1S/C24H23ClN2O4S/c25-21-10-12-22(13-11-21)32(30,31)27-16-14-18-6-8-19(9-7-18)23(4-1-5-24(28)29)20-3-2-15-26-17-20/h2-4,6-13,15,17,27H,1,5,14,16H2,(H,28,29)/b23-4+. The Morgan fingerprint density at radius 1 is 1.03 bits per heavy atom. The van der Waals surface area contributed by atoms with Gasteiger partial charge in [0.25, 0.3) is 0 Å². The summed E-state index contributed by atoms with van der Waals surface area (Å²) in [4.78, 5) is 15.2. The van der Waals surface area contributed by atoms with Crippen LogP contribution in [0, 0.1) is 0 Å².